The van der Waals surface area contributed by atoms with Crippen LogP contribution in [-0.2, 0) is 0 Å². The second-order valence-electron chi connectivity index (χ2n) is 4.00. The van der Waals surface area contributed by atoms with Crippen LogP contribution in [0, 0.1) is 5.82 Å². The fourth-order valence-electron chi connectivity index (χ4n) is 1.91. The van der Waals surface area contributed by atoms with E-state index in [9.17, 15) is 9.18 Å². The molecule has 1 aliphatic heterocycles. The van der Waals surface area contributed by atoms with Crippen LogP contribution in [-0.4, -0.2) is 10.9 Å². The van der Waals surface area contributed by atoms with E-state index in [0.29, 0.717) is 11.4 Å². The van der Waals surface area contributed by atoms with E-state index in [-0.39, 0.29) is 17.9 Å². The maximum Gasteiger partial charge on any atom is 0.256 e. The second-order valence-corrected chi connectivity index (χ2v) is 4.00. The monoisotopic (exact) mass is 243 g/mol. The first-order chi connectivity index (χ1) is 8.74. The Balaban J connectivity index is 1.94. The Bertz CT molecular complexity index is 597. The van der Waals surface area contributed by atoms with Crippen molar-refractivity contribution in [3.05, 3.63) is 59.5 Å². The van der Waals surface area contributed by atoms with Gasteiger partial charge >= 0.3 is 0 Å². The van der Waals surface area contributed by atoms with Gasteiger partial charge in [-0.2, -0.15) is 0 Å². The lowest BCUT2D eigenvalue weighted by atomic mass is 10.1. The zero-order chi connectivity index (χ0) is 12.5. The summed E-state index contributed by atoms with van der Waals surface area (Å²) in [5, 5.41) is 5.89. The van der Waals surface area contributed by atoms with Crippen molar-refractivity contribution >= 4 is 11.7 Å². The van der Waals surface area contributed by atoms with Crippen molar-refractivity contribution in [3.8, 4) is 0 Å². The molecule has 2 heterocycles. The molecule has 0 saturated heterocycles. The minimum absolute atomic E-state index is 0.189. The maximum absolute atomic E-state index is 12.8. The minimum atomic E-state index is -0.388. The van der Waals surface area contributed by atoms with Crippen molar-refractivity contribution in [2.24, 2.45) is 0 Å². The van der Waals surface area contributed by atoms with Crippen LogP contribution in [0.5, 0.6) is 0 Å². The van der Waals surface area contributed by atoms with Gasteiger partial charge in [0.1, 0.15) is 17.8 Å². The minimum Gasteiger partial charge on any atom is -0.346 e. The Morgan fingerprint density at radius 1 is 1.11 bits per heavy atom. The standard InChI is InChI=1S/C13H10FN3O/c14-9-5-3-8(4-6-9)11-16-12-10(13(18)17-11)2-1-7-15-12/h1-7,11H,(H,15,16)(H,17,18)/t11-/m1/s1. The third-order valence-electron chi connectivity index (χ3n) is 2.81. The number of carbonyl (C=O) groups is 1. The van der Waals surface area contributed by atoms with E-state index >= 15 is 0 Å². The Hall–Kier alpha value is -2.43. The van der Waals surface area contributed by atoms with Crippen LogP contribution in [0.4, 0.5) is 10.2 Å². The third kappa shape index (κ3) is 1.79. The molecule has 90 valence electrons. The van der Waals surface area contributed by atoms with Crippen LogP contribution < -0.4 is 10.6 Å². The van der Waals surface area contributed by atoms with Crippen molar-refractivity contribution < 1.29 is 9.18 Å². The smallest absolute Gasteiger partial charge is 0.256 e. The van der Waals surface area contributed by atoms with Crippen LogP contribution in [0.15, 0.2) is 42.6 Å². The number of carbonyl (C=O) groups excluding carboxylic acids is 1. The molecule has 18 heavy (non-hydrogen) atoms. The second kappa shape index (κ2) is 4.10. The molecular formula is C13H10FN3O. The average molecular weight is 243 g/mol. The lowest BCUT2D eigenvalue weighted by Gasteiger charge is -2.27. The number of hydrogen-bond donors (Lipinski definition) is 2. The maximum atomic E-state index is 12.8. The lowest BCUT2D eigenvalue weighted by Crippen LogP contribution is -2.38. The zero-order valence-corrected chi connectivity index (χ0v) is 9.35. The normalized spacial score (nSPS) is 17.6. The molecule has 1 aromatic heterocycles. The van der Waals surface area contributed by atoms with E-state index in [1.807, 2.05) is 0 Å². The van der Waals surface area contributed by atoms with Crippen molar-refractivity contribution in [1.29, 1.82) is 0 Å². The van der Waals surface area contributed by atoms with Crippen molar-refractivity contribution in [3.63, 3.8) is 0 Å². The number of amides is 1. The molecule has 5 heteroatoms. The first-order valence-corrected chi connectivity index (χ1v) is 5.52. The zero-order valence-electron chi connectivity index (χ0n) is 9.35. The Kier molecular flexibility index (Phi) is 2.44. The van der Waals surface area contributed by atoms with Crippen LogP contribution in [0.3, 0.4) is 0 Å². The van der Waals surface area contributed by atoms with Crippen molar-refractivity contribution in [2.45, 2.75) is 6.17 Å². The van der Waals surface area contributed by atoms with Crippen molar-refractivity contribution in [2.75, 3.05) is 5.32 Å². The van der Waals surface area contributed by atoms with Gasteiger partial charge in [0.25, 0.3) is 5.91 Å². The molecule has 1 aromatic carbocycles. The number of nitrogens with zero attached hydrogens (tertiary/aromatic N) is 1. The van der Waals surface area contributed by atoms with Gasteiger partial charge in [-0.25, -0.2) is 9.37 Å². The topological polar surface area (TPSA) is 54.0 Å². The van der Waals surface area contributed by atoms with Crippen LogP contribution >= 0.6 is 0 Å². The van der Waals surface area contributed by atoms with E-state index in [2.05, 4.69) is 15.6 Å². The van der Waals surface area contributed by atoms with Gasteiger partial charge in [-0.15, -0.1) is 0 Å². The fraction of sp³-hybridized carbons (Fsp3) is 0.0769. The molecule has 0 radical (unpaired) electrons. The van der Waals surface area contributed by atoms with Crippen molar-refractivity contribution in [1.82, 2.24) is 10.3 Å². The van der Waals surface area contributed by atoms with Gasteiger partial charge in [-0.05, 0) is 29.8 Å². The van der Waals surface area contributed by atoms with Gasteiger partial charge in [0, 0.05) is 6.20 Å². The highest BCUT2D eigenvalue weighted by atomic mass is 19.1. The van der Waals surface area contributed by atoms with E-state index in [4.69, 9.17) is 0 Å². The first-order valence-electron chi connectivity index (χ1n) is 5.52. The Morgan fingerprint density at radius 3 is 2.67 bits per heavy atom. The molecule has 4 nitrogen and oxygen atoms in total. The molecule has 0 bridgehead atoms. The van der Waals surface area contributed by atoms with Gasteiger partial charge in [0.15, 0.2) is 0 Å². The molecule has 1 aliphatic rings. The Labute approximate surface area is 103 Å². The highest BCUT2D eigenvalue weighted by Gasteiger charge is 2.24. The summed E-state index contributed by atoms with van der Waals surface area (Å²) in [4.78, 5) is 16.0. The summed E-state index contributed by atoms with van der Waals surface area (Å²) >= 11 is 0. The molecule has 1 atom stereocenters. The number of halogens is 1. The molecule has 1 amide bonds. The molecular weight excluding hydrogens is 233 g/mol. The molecule has 0 saturated carbocycles. The quantitative estimate of drug-likeness (QED) is 0.806. The Morgan fingerprint density at radius 2 is 1.89 bits per heavy atom. The van der Waals surface area contributed by atoms with Gasteiger partial charge < -0.3 is 10.6 Å². The third-order valence-corrected chi connectivity index (χ3v) is 2.81. The number of aromatic nitrogens is 1. The highest BCUT2D eigenvalue weighted by molar-refractivity contribution is 6.00. The highest BCUT2D eigenvalue weighted by Crippen LogP contribution is 2.24. The number of nitrogens with one attached hydrogen (secondary N) is 2. The van der Waals surface area contributed by atoms with E-state index < -0.39 is 0 Å². The summed E-state index contributed by atoms with van der Waals surface area (Å²) in [5.74, 6) is 0.0427. The van der Waals surface area contributed by atoms with E-state index in [0.717, 1.165) is 5.56 Å². The molecule has 0 spiro atoms. The molecule has 2 aromatic rings. The van der Waals surface area contributed by atoms with Crippen LogP contribution in [0.2, 0.25) is 0 Å². The first kappa shape index (κ1) is 10.7. The average Bonchev–Trinajstić information content (AvgIpc) is 2.39. The van der Waals surface area contributed by atoms with Gasteiger partial charge in [0.2, 0.25) is 0 Å². The molecule has 0 aliphatic carbocycles. The molecule has 0 fully saturated rings. The van der Waals surface area contributed by atoms with Crippen LogP contribution in [0.25, 0.3) is 0 Å². The number of benzene rings is 1. The SMILES string of the molecule is O=C1N[C@H](c2ccc(F)cc2)Nc2ncccc21. The molecule has 2 N–H and O–H groups in total. The number of hydrogen-bond acceptors (Lipinski definition) is 3. The van der Waals surface area contributed by atoms with E-state index in [1.165, 1.54) is 12.1 Å². The number of pyridine rings is 1. The number of fused-ring (bicyclic) bond motifs is 1. The number of anilines is 1. The molecule has 3 rings (SSSR count). The predicted molar refractivity (Wildman–Crippen MR) is 64.5 cm³/mol. The number of rotatable bonds is 1. The largest absolute Gasteiger partial charge is 0.346 e. The van der Waals surface area contributed by atoms with Gasteiger partial charge in [-0.1, -0.05) is 12.1 Å². The summed E-state index contributed by atoms with van der Waals surface area (Å²) in [6.07, 6.45) is 1.23. The lowest BCUT2D eigenvalue weighted by molar-refractivity contribution is 0.0935. The van der Waals surface area contributed by atoms with Gasteiger partial charge in [-0.3, -0.25) is 4.79 Å². The summed E-state index contributed by atoms with van der Waals surface area (Å²) in [5.41, 5.74) is 1.29. The summed E-state index contributed by atoms with van der Waals surface area (Å²) in [6, 6.07) is 9.38. The summed E-state index contributed by atoms with van der Waals surface area (Å²) in [7, 11) is 0. The predicted octanol–water partition coefficient (Wildman–Crippen LogP) is 2.07. The summed E-state index contributed by atoms with van der Waals surface area (Å²) in [6.45, 7) is 0. The molecule has 0 unspecified atom stereocenters. The van der Waals surface area contributed by atoms with E-state index in [1.54, 1.807) is 30.5 Å². The van der Waals surface area contributed by atoms with Crippen LogP contribution in [0.1, 0.15) is 22.1 Å². The fourth-order valence-corrected chi connectivity index (χ4v) is 1.91. The van der Waals surface area contributed by atoms with Gasteiger partial charge in [0.05, 0.1) is 5.56 Å². The summed E-state index contributed by atoms with van der Waals surface area (Å²) < 4.78 is 12.8.